The van der Waals surface area contributed by atoms with Crippen molar-refractivity contribution < 1.29 is 56.8 Å². The van der Waals surface area contributed by atoms with Gasteiger partial charge in [0.1, 0.15) is 6.61 Å². The Labute approximate surface area is 363 Å². The Morgan fingerprint density at radius 3 is 1.38 bits per heavy atom. The lowest BCUT2D eigenvalue weighted by Gasteiger charge is -2.20. The number of nitrogens with one attached hydrogen (secondary N) is 2. The number of carbonyl (C=O) groups excluding carboxylic acids is 4. The van der Waals surface area contributed by atoms with Gasteiger partial charge in [-0.05, 0) is 12.8 Å². The van der Waals surface area contributed by atoms with Gasteiger partial charge >= 0.3 is 24.1 Å². The number of alkyl halides is 3. The topological polar surface area (TPSA) is 194 Å². The third-order valence-corrected chi connectivity index (χ3v) is 11.2. The number of ether oxygens (including phenoxy) is 2. The van der Waals surface area contributed by atoms with Crippen LogP contribution in [0.2, 0.25) is 0 Å². The van der Waals surface area contributed by atoms with E-state index in [-0.39, 0.29) is 24.2 Å². The van der Waals surface area contributed by atoms with E-state index in [0.717, 1.165) is 38.5 Å². The Morgan fingerprint density at radius 1 is 0.633 bits per heavy atom. The number of carboxylic acid groups (broad SMARTS) is 1. The molecule has 0 unspecified atom stereocenters. The van der Waals surface area contributed by atoms with Gasteiger partial charge in [-0.1, -0.05) is 168 Å². The Balaban J connectivity index is 0. The number of amides is 2. The van der Waals surface area contributed by atoms with E-state index in [1.54, 1.807) is 0 Å². The van der Waals surface area contributed by atoms with Crippen molar-refractivity contribution in [2.45, 2.75) is 218 Å². The number of aliphatic carboxylic acids is 1. The summed E-state index contributed by atoms with van der Waals surface area (Å²) in [6.07, 6.45) is 28.0. The minimum absolute atomic E-state index is 0.0605. The molecule has 16 heteroatoms. The van der Waals surface area contributed by atoms with Gasteiger partial charge in [0.2, 0.25) is 11.8 Å². The molecule has 12 nitrogen and oxygen atoms in total. The maximum atomic E-state index is 12.8. The first-order valence-electron chi connectivity index (χ1n) is 22.8. The van der Waals surface area contributed by atoms with Gasteiger partial charge in [-0.15, -0.1) is 0 Å². The number of aliphatic hydroxyl groups is 1. The molecule has 0 aromatic heterocycles. The van der Waals surface area contributed by atoms with E-state index in [1.807, 2.05) is 0 Å². The standard InChI is InChI=1S/C42H81N3O7S.C2HF3O2/c1-4-6-8-10-12-14-16-18-20-22-24-26-28-30-39(47)44-36(34-53-35-37(43)41(49)45-38(32-46)42(50)51-3)33-52-40(48)31-29-27-25-23-21-19-17-15-13-11-9-7-5-2;3-2(4,5)1(6)7/h36-38,46H,4-35,43H2,1-3H3,(H,44,47)(H,45,49);(H,6,7)/t36-,37+,38+;/m1./s1. The van der Waals surface area contributed by atoms with E-state index in [4.69, 9.17) is 20.4 Å². The molecule has 6 N–H and O–H groups in total. The van der Waals surface area contributed by atoms with E-state index in [0.29, 0.717) is 18.6 Å². The summed E-state index contributed by atoms with van der Waals surface area (Å²) in [6.45, 7) is 3.96. The number of esters is 2. The summed E-state index contributed by atoms with van der Waals surface area (Å²) in [5, 5.41) is 21.9. The molecule has 0 aromatic rings. The summed E-state index contributed by atoms with van der Waals surface area (Å²) in [6, 6.07) is -2.55. The van der Waals surface area contributed by atoms with Crippen molar-refractivity contribution in [2.24, 2.45) is 5.73 Å². The van der Waals surface area contributed by atoms with Crippen LogP contribution in [-0.4, -0.2) is 96.1 Å². The second kappa shape index (κ2) is 41.7. The average molecular weight is 886 g/mol. The number of unbranched alkanes of at least 4 members (excludes halogenated alkanes) is 24. The van der Waals surface area contributed by atoms with E-state index < -0.39 is 48.8 Å². The number of hydrogen-bond acceptors (Lipinski definition) is 10. The molecule has 0 rings (SSSR count). The largest absolute Gasteiger partial charge is 0.490 e. The zero-order valence-electron chi connectivity index (χ0n) is 37.2. The van der Waals surface area contributed by atoms with Gasteiger partial charge in [0.25, 0.3) is 0 Å². The lowest BCUT2D eigenvalue weighted by atomic mass is 10.0. The van der Waals surface area contributed by atoms with Crippen molar-refractivity contribution in [1.82, 2.24) is 10.6 Å². The number of carboxylic acids is 1. The van der Waals surface area contributed by atoms with Crippen molar-refractivity contribution in [1.29, 1.82) is 0 Å². The first kappa shape index (κ1) is 59.5. The summed E-state index contributed by atoms with van der Waals surface area (Å²) in [7, 11) is 1.17. The molecule has 0 spiro atoms. The first-order valence-corrected chi connectivity index (χ1v) is 24.0. The van der Waals surface area contributed by atoms with Crippen LogP contribution >= 0.6 is 11.8 Å². The summed E-state index contributed by atoms with van der Waals surface area (Å²) < 4.78 is 41.9. The fourth-order valence-electron chi connectivity index (χ4n) is 6.30. The van der Waals surface area contributed by atoms with Gasteiger partial charge in [0, 0.05) is 24.3 Å². The predicted octanol–water partition coefficient (Wildman–Crippen LogP) is 9.32. The van der Waals surface area contributed by atoms with Crippen LogP contribution in [0.4, 0.5) is 13.2 Å². The number of nitrogens with two attached hydrogens (primary N) is 1. The SMILES string of the molecule is CCCCCCCCCCCCCCCC(=O)N[C@H](COC(=O)CCCCCCCCCCCCCCC)CSC[C@H](N)C(=O)N[C@@H](CO)C(=O)OC.O=C(O)C(F)(F)F. The van der Waals surface area contributed by atoms with E-state index in [1.165, 1.54) is 147 Å². The van der Waals surface area contributed by atoms with E-state index in [9.17, 15) is 37.5 Å². The number of carbonyl (C=O) groups is 5. The third kappa shape index (κ3) is 39.5. The van der Waals surface area contributed by atoms with Crippen LogP contribution in [0.25, 0.3) is 0 Å². The summed E-state index contributed by atoms with van der Waals surface area (Å²) in [4.78, 5) is 58.5. The van der Waals surface area contributed by atoms with Crippen LogP contribution in [0.3, 0.4) is 0 Å². The maximum Gasteiger partial charge on any atom is 0.490 e. The number of aliphatic hydroxyl groups excluding tert-OH is 1. The Kier molecular flexibility index (Phi) is 41.4. The monoisotopic (exact) mass is 886 g/mol. The molecule has 0 saturated carbocycles. The van der Waals surface area contributed by atoms with Crippen LogP contribution < -0.4 is 16.4 Å². The molecule has 0 saturated heterocycles. The van der Waals surface area contributed by atoms with Gasteiger partial charge in [-0.3, -0.25) is 14.4 Å². The number of rotatable bonds is 39. The predicted molar refractivity (Wildman–Crippen MR) is 234 cm³/mol. The molecule has 0 bridgehead atoms. The molecule has 0 aliphatic heterocycles. The molecule has 0 aliphatic rings. The second-order valence-electron chi connectivity index (χ2n) is 15.6. The van der Waals surface area contributed by atoms with Gasteiger partial charge in [0.15, 0.2) is 6.04 Å². The maximum absolute atomic E-state index is 12.8. The quantitative estimate of drug-likeness (QED) is 0.0292. The van der Waals surface area contributed by atoms with Crippen LogP contribution in [0, 0.1) is 0 Å². The number of methoxy groups -OCH3 is 1. The zero-order valence-corrected chi connectivity index (χ0v) is 38.0. The number of thioether (sulfide) groups is 1. The highest BCUT2D eigenvalue weighted by Crippen LogP contribution is 2.16. The second-order valence-corrected chi connectivity index (χ2v) is 16.7. The Morgan fingerprint density at radius 2 is 1.02 bits per heavy atom. The van der Waals surface area contributed by atoms with Crippen LogP contribution in [0.1, 0.15) is 194 Å². The fourth-order valence-corrected chi connectivity index (χ4v) is 7.31. The summed E-state index contributed by atoms with van der Waals surface area (Å²) >= 11 is 1.36. The molecule has 0 heterocycles. The van der Waals surface area contributed by atoms with Crippen molar-refractivity contribution in [3.05, 3.63) is 0 Å². The van der Waals surface area contributed by atoms with Crippen molar-refractivity contribution >= 4 is 41.5 Å². The summed E-state index contributed by atoms with van der Waals surface area (Å²) in [5.41, 5.74) is 6.03. The average Bonchev–Trinajstić information content (AvgIpc) is 3.21. The van der Waals surface area contributed by atoms with Crippen LogP contribution in [0.15, 0.2) is 0 Å². The zero-order chi connectivity index (χ0) is 45.3. The van der Waals surface area contributed by atoms with Crippen molar-refractivity contribution in [3.63, 3.8) is 0 Å². The number of halogens is 3. The first-order chi connectivity index (χ1) is 28.7. The van der Waals surface area contributed by atoms with Gasteiger partial charge in [0.05, 0.1) is 25.8 Å². The smallest absolute Gasteiger partial charge is 0.475 e. The number of hydrogen-bond donors (Lipinski definition) is 5. The molecule has 3 atom stereocenters. The van der Waals surface area contributed by atoms with Gasteiger partial charge in [-0.2, -0.15) is 24.9 Å². The molecule has 0 aromatic carbocycles. The molecular formula is C44H82F3N3O9S. The highest BCUT2D eigenvalue weighted by atomic mass is 32.2. The fraction of sp³-hybridized carbons (Fsp3) is 0.886. The Bertz CT molecular complexity index is 1090. The van der Waals surface area contributed by atoms with Gasteiger partial charge < -0.3 is 36.1 Å². The molecule has 60 heavy (non-hydrogen) atoms. The molecular weight excluding hydrogens is 804 g/mol. The summed E-state index contributed by atoms with van der Waals surface area (Å²) in [5.74, 6) is -3.82. The highest BCUT2D eigenvalue weighted by Gasteiger charge is 2.38. The van der Waals surface area contributed by atoms with Gasteiger partial charge in [-0.25, -0.2) is 9.59 Å². The Hall–Kier alpha value is -2.59. The van der Waals surface area contributed by atoms with Crippen LogP contribution in [0.5, 0.6) is 0 Å². The van der Waals surface area contributed by atoms with E-state index >= 15 is 0 Å². The normalized spacial score (nSPS) is 12.7. The molecule has 2 amide bonds. The minimum Gasteiger partial charge on any atom is -0.475 e. The molecule has 0 fully saturated rings. The lowest BCUT2D eigenvalue weighted by Crippen LogP contribution is -2.51. The highest BCUT2D eigenvalue weighted by molar-refractivity contribution is 7.99. The van der Waals surface area contributed by atoms with Crippen molar-refractivity contribution in [3.8, 4) is 0 Å². The third-order valence-electron chi connectivity index (χ3n) is 9.98. The van der Waals surface area contributed by atoms with Crippen LogP contribution in [-0.2, 0) is 33.4 Å². The molecule has 354 valence electrons. The minimum atomic E-state index is -5.08. The van der Waals surface area contributed by atoms with Crippen molar-refractivity contribution in [2.75, 3.05) is 31.8 Å². The van der Waals surface area contributed by atoms with E-state index in [2.05, 4.69) is 29.2 Å². The lowest BCUT2D eigenvalue weighted by molar-refractivity contribution is -0.192. The molecule has 0 aliphatic carbocycles. The molecule has 0 radical (unpaired) electrons.